The highest BCUT2D eigenvalue weighted by Crippen LogP contribution is 2.30. The molecule has 1 heterocycles. The molecule has 19 heavy (non-hydrogen) atoms. The molecule has 4 nitrogen and oxygen atoms in total. The molecule has 0 fully saturated rings. The Bertz CT molecular complexity index is 634. The summed E-state index contributed by atoms with van der Waals surface area (Å²) in [6.07, 6.45) is 0. The van der Waals surface area contributed by atoms with Gasteiger partial charge in [-0.25, -0.2) is 13.2 Å². The highest BCUT2D eigenvalue weighted by atomic mass is 35.5. The van der Waals surface area contributed by atoms with Crippen molar-refractivity contribution in [2.45, 2.75) is 0 Å². The van der Waals surface area contributed by atoms with Crippen molar-refractivity contribution in [2.75, 3.05) is 11.2 Å². The molecular weight excluding hydrogens is 303 g/mol. The number of benzene rings is 1. The van der Waals surface area contributed by atoms with E-state index in [4.69, 9.17) is 11.6 Å². The third-order valence-electron chi connectivity index (χ3n) is 2.02. The van der Waals surface area contributed by atoms with Gasteiger partial charge in [0.25, 0.3) is 0 Å². The number of anilines is 1. The smallest absolute Gasteiger partial charge is 0.241 e. The Kier molecular flexibility index (Phi) is 4.01. The molecule has 1 N–H and O–H groups in total. The molecule has 2 rings (SSSR count). The molecule has 0 aliphatic heterocycles. The van der Waals surface area contributed by atoms with Crippen molar-refractivity contribution in [1.29, 1.82) is 0 Å². The van der Waals surface area contributed by atoms with E-state index in [1.165, 1.54) is 0 Å². The van der Waals surface area contributed by atoms with Crippen molar-refractivity contribution in [3.63, 3.8) is 0 Å². The second kappa shape index (κ2) is 5.54. The molecule has 9 heteroatoms. The van der Waals surface area contributed by atoms with Gasteiger partial charge in [-0.05, 0) is 6.07 Å². The quantitative estimate of drug-likeness (QED) is 0.701. The minimum Gasteiger partial charge on any atom is -0.299 e. The van der Waals surface area contributed by atoms with Crippen LogP contribution in [-0.4, -0.2) is 22.0 Å². The Morgan fingerprint density at radius 3 is 2.74 bits per heavy atom. The van der Waals surface area contributed by atoms with Gasteiger partial charge in [-0.15, -0.1) is 21.8 Å². The van der Waals surface area contributed by atoms with Crippen LogP contribution in [0, 0.1) is 17.5 Å². The summed E-state index contributed by atoms with van der Waals surface area (Å²) >= 11 is 6.05. The number of nitrogens with one attached hydrogen (secondary N) is 1. The van der Waals surface area contributed by atoms with E-state index in [0.717, 1.165) is 17.4 Å². The fourth-order valence-electron chi connectivity index (χ4n) is 1.25. The maximum absolute atomic E-state index is 13.5. The van der Waals surface area contributed by atoms with Crippen molar-refractivity contribution >= 4 is 34.0 Å². The standard InChI is InChI=1S/C10H5ClF3N3OS/c11-3-7(18)15-10-17-16-9(19-10)5-1-4(12)2-6(13)8(5)14/h1-2H,3H2,(H,15,17,18). The van der Waals surface area contributed by atoms with Crippen LogP contribution in [0.25, 0.3) is 10.6 Å². The summed E-state index contributed by atoms with van der Waals surface area (Å²) in [6, 6.07) is 1.22. The molecule has 1 amide bonds. The zero-order valence-electron chi connectivity index (χ0n) is 9.08. The van der Waals surface area contributed by atoms with Crippen molar-refractivity contribution in [3.8, 4) is 10.6 Å². The first kappa shape index (κ1) is 13.8. The van der Waals surface area contributed by atoms with E-state index in [0.29, 0.717) is 6.07 Å². The Morgan fingerprint density at radius 2 is 2.05 bits per heavy atom. The van der Waals surface area contributed by atoms with Crippen molar-refractivity contribution in [1.82, 2.24) is 10.2 Å². The second-order valence-electron chi connectivity index (χ2n) is 3.34. The molecule has 100 valence electrons. The maximum atomic E-state index is 13.5. The van der Waals surface area contributed by atoms with Crippen LogP contribution in [-0.2, 0) is 4.79 Å². The number of carbonyl (C=O) groups is 1. The predicted molar refractivity (Wildman–Crippen MR) is 64.6 cm³/mol. The van der Waals surface area contributed by atoms with Crippen LogP contribution in [0.3, 0.4) is 0 Å². The van der Waals surface area contributed by atoms with Gasteiger partial charge in [0, 0.05) is 6.07 Å². The number of amides is 1. The fraction of sp³-hybridized carbons (Fsp3) is 0.100. The summed E-state index contributed by atoms with van der Waals surface area (Å²) in [4.78, 5) is 11.0. The molecule has 0 bridgehead atoms. The number of carbonyl (C=O) groups excluding carboxylic acids is 1. The molecular formula is C10H5ClF3N3OS. The van der Waals surface area contributed by atoms with E-state index in [1.807, 2.05) is 0 Å². The lowest BCUT2D eigenvalue weighted by Crippen LogP contribution is -2.12. The summed E-state index contributed by atoms with van der Waals surface area (Å²) in [7, 11) is 0. The first-order chi connectivity index (χ1) is 9.01. The maximum Gasteiger partial charge on any atom is 0.241 e. The highest BCUT2D eigenvalue weighted by molar-refractivity contribution is 7.18. The summed E-state index contributed by atoms with van der Waals surface area (Å²) in [5, 5.41) is 9.40. The monoisotopic (exact) mass is 307 g/mol. The predicted octanol–water partition coefficient (Wildman–Crippen LogP) is 2.80. The van der Waals surface area contributed by atoms with Crippen LogP contribution in [0.1, 0.15) is 0 Å². The molecule has 1 aromatic carbocycles. The third kappa shape index (κ3) is 3.02. The zero-order chi connectivity index (χ0) is 14.0. The minimum atomic E-state index is -1.32. The fourth-order valence-corrected chi connectivity index (χ4v) is 2.08. The average molecular weight is 308 g/mol. The zero-order valence-corrected chi connectivity index (χ0v) is 10.7. The number of rotatable bonds is 3. The van der Waals surface area contributed by atoms with Crippen LogP contribution in [0.15, 0.2) is 12.1 Å². The summed E-state index contributed by atoms with van der Waals surface area (Å²) in [6.45, 7) is 0. The van der Waals surface area contributed by atoms with E-state index >= 15 is 0 Å². The van der Waals surface area contributed by atoms with Crippen LogP contribution in [0.2, 0.25) is 0 Å². The summed E-state index contributed by atoms with van der Waals surface area (Å²) < 4.78 is 39.6. The largest absolute Gasteiger partial charge is 0.299 e. The normalized spacial score (nSPS) is 10.5. The van der Waals surface area contributed by atoms with Gasteiger partial charge in [-0.1, -0.05) is 11.3 Å². The van der Waals surface area contributed by atoms with Gasteiger partial charge in [-0.3, -0.25) is 10.1 Å². The second-order valence-corrected chi connectivity index (χ2v) is 4.59. The molecule has 1 aromatic heterocycles. The van der Waals surface area contributed by atoms with Gasteiger partial charge in [0.15, 0.2) is 16.6 Å². The van der Waals surface area contributed by atoms with Gasteiger partial charge in [-0.2, -0.15) is 0 Å². The van der Waals surface area contributed by atoms with E-state index in [-0.39, 0.29) is 21.6 Å². The van der Waals surface area contributed by atoms with Crippen LogP contribution in [0.4, 0.5) is 18.3 Å². The number of alkyl halides is 1. The highest BCUT2D eigenvalue weighted by Gasteiger charge is 2.17. The molecule has 0 aliphatic carbocycles. The van der Waals surface area contributed by atoms with E-state index in [1.54, 1.807) is 0 Å². The average Bonchev–Trinajstić information content (AvgIpc) is 2.81. The number of hydrogen-bond donors (Lipinski definition) is 1. The van der Waals surface area contributed by atoms with Crippen molar-refractivity contribution in [2.24, 2.45) is 0 Å². The number of hydrogen-bond acceptors (Lipinski definition) is 4. The first-order valence-corrected chi connectivity index (χ1v) is 6.20. The number of nitrogens with zero attached hydrogens (tertiary/aromatic N) is 2. The van der Waals surface area contributed by atoms with Gasteiger partial charge < -0.3 is 0 Å². The van der Waals surface area contributed by atoms with E-state index < -0.39 is 23.4 Å². The van der Waals surface area contributed by atoms with Crippen LogP contribution < -0.4 is 5.32 Å². The Balaban J connectivity index is 2.35. The number of halogens is 4. The molecule has 0 aliphatic rings. The summed E-state index contributed by atoms with van der Waals surface area (Å²) in [5.41, 5.74) is -0.360. The van der Waals surface area contributed by atoms with Gasteiger partial charge in [0.1, 0.15) is 11.7 Å². The molecule has 0 atom stereocenters. The van der Waals surface area contributed by atoms with Gasteiger partial charge >= 0.3 is 0 Å². The first-order valence-electron chi connectivity index (χ1n) is 4.85. The van der Waals surface area contributed by atoms with Crippen molar-refractivity contribution < 1.29 is 18.0 Å². The molecule has 0 unspecified atom stereocenters. The Hall–Kier alpha value is -1.67. The minimum absolute atomic E-state index is 0.0548. The van der Waals surface area contributed by atoms with E-state index in [2.05, 4.69) is 15.5 Å². The SMILES string of the molecule is O=C(CCl)Nc1nnc(-c2cc(F)cc(F)c2F)s1. The molecule has 0 spiro atoms. The topological polar surface area (TPSA) is 54.9 Å². The van der Waals surface area contributed by atoms with Gasteiger partial charge in [0.05, 0.1) is 5.56 Å². The molecule has 2 aromatic rings. The van der Waals surface area contributed by atoms with Crippen LogP contribution >= 0.6 is 22.9 Å². The number of aromatic nitrogens is 2. The third-order valence-corrected chi connectivity index (χ3v) is 3.13. The molecule has 0 saturated carbocycles. The van der Waals surface area contributed by atoms with Gasteiger partial charge in [0.2, 0.25) is 11.0 Å². The lowest BCUT2D eigenvalue weighted by Gasteiger charge is -1.99. The molecule has 0 saturated heterocycles. The Morgan fingerprint density at radius 1 is 1.32 bits per heavy atom. The van der Waals surface area contributed by atoms with Crippen LogP contribution in [0.5, 0.6) is 0 Å². The van der Waals surface area contributed by atoms with E-state index in [9.17, 15) is 18.0 Å². The molecule has 0 radical (unpaired) electrons. The summed E-state index contributed by atoms with van der Waals surface area (Å²) in [5.74, 6) is -4.28. The lowest BCUT2D eigenvalue weighted by atomic mass is 10.2. The van der Waals surface area contributed by atoms with Crippen molar-refractivity contribution in [3.05, 3.63) is 29.6 Å². The Labute approximate surface area is 114 Å². The lowest BCUT2D eigenvalue weighted by molar-refractivity contribution is -0.113.